The first kappa shape index (κ1) is 27.6. The van der Waals surface area contributed by atoms with E-state index in [4.69, 9.17) is 21.7 Å². The number of carboxylic acid groups (broad SMARTS) is 1. The molecule has 172 valence electrons. The molecule has 30 heavy (non-hydrogen) atoms. The van der Waals surface area contributed by atoms with Crippen molar-refractivity contribution >= 4 is 41.4 Å². The Hall–Kier alpha value is -2.42. The second-order valence-corrected chi connectivity index (χ2v) is 7.27. The molecule has 0 radical (unpaired) electrons. The smallest absolute Gasteiger partial charge is 0.328 e. The lowest BCUT2D eigenvalue weighted by Crippen LogP contribution is -2.58. The topological polar surface area (TPSA) is 234 Å². The number of aliphatic carboxylic acids is 1. The summed E-state index contributed by atoms with van der Waals surface area (Å²) < 4.78 is 0. The Morgan fingerprint density at radius 1 is 0.867 bits per heavy atom. The monoisotopic (exact) mass is 451 g/mol. The van der Waals surface area contributed by atoms with Gasteiger partial charge in [-0.1, -0.05) is 0 Å². The molecule has 0 aromatic rings. The minimum atomic E-state index is -1.63. The van der Waals surface area contributed by atoms with Crippen molar-refractivity contribution in [3.8, 4) is 0 Å². The summed E-state index contributed by atoms with van der Waals surface area (Å²) in [6.07, 6.45) is 1.58. The molecule has 0 aromatic heterocycles. The number of carbonyl (C=O) groups excluding carboxylic acids is 4. The molecule has 0 saturated heterocycles. The Kier molecular flexibility index (Phi) is 13.4. The molecule has 4 unspecified atom stereocenters. The average molecular weight is 452 g/mol. The maximum atomic E-state index is 12.4. The van der Waals surface area contributed by atoms with Crippen molar-refractivity contribution in [3.63, 3.8) is 0 Å². The maximum absolute atomic E-state index is 12.4. The molecule has 0 fully saturated rings. The van der Waals surface area contributed by atoms with E-state index in [1.54, 1.807) is 0 Å². The summed E-state index contributed by atoms with van der Waals surface area (Å²) in [6, 6.07) is -5.38. The Morgan fingerprint density at radius 2 is 1.37 bits per heavy atom. The fourth-order valence-electron chi connectivity index (χ4n) is 2.13. The molecule has 0 spiro atoms. The molecule has 0 bridgehead atoms. The number of nitrogens with two attached hydrogens (primary N) is 2. The Labute approximate surface area is 177 Å². The fourth-order valence-corrected chi connectivity index (χ4v) is 2.62. The lowest BCUT2D eigenvalue weighted by Gasteiger charge is -2.24. The number of aliphatic hydroxyl groups excluding tert-OH is 2. The highest BCUT2D eigenvalue weighted by atomic mass is 32.2. The van der Waals surface area contributed by atoms with Crippen LogP contribution in [0.4, 0.5) is 0 Å². The van der Waals surface area contributed by atoms with Crippen LogP contribution in [0, 0.1) is 0 Å². The van der Waals surface area contributed by atoms with Crippen LogP contribution < -0.4 is 27.4 Å². The zero-order valence-corrected chi connectivity index (χ0v) is 17.3. The summed E-state index contributed by atoms with van der Waals surface area (Å²) >= 11 is 1.48. The number of amides is 4. The number of nitrogens with one attached hydrogen (secondary N) is 3. The van der Waals surface area contributed by atoms with Gasteiger partial charge < -0.3 is 42.7 Å². The highest BCUT2D eigenvalue weighted by Gasteiger charge is 2.30. The third-order valence-electron chi connectivity index (χ3n) is 3.89. The van der Waals surface area contributed by atoms with E-state index < -0.39 is 67.0 Å². The van der Waals surface area contributed by atoms with Gasteiger partial charge >= 0.3 is 5.97 Å². The summed E-state index contributed by atoms with van der Waals surface area (Å²) in [5.74, 6) is -4.30. The zero-order chi connectivity index (χ0) is 23.3. The van der Waals surface area contributed by atoms with Crippen molar-refractivity contribution in [2.75, 3.05) is 25.2 Å². The molecule has 0 heterocycles. The minimum absolute atomic E-state index is 0.274. The van der Waals surface area contributed by atoms with Crippen LogP contribution >= 0.6 is 11.8 Å². The first-order valence-electron chi connectivity index (χ1n) is 8.95. The van der Waals surface area contributed by atoms with Crippen LogP contribution in [0.15, 0.2) is 0 Å². The average Bonchev–Trinajstić information content (AvgIpc) is 2.70. The number of aliphatic hydroxyl groups is 2. The number of hydrogen-bond acceptors (Lipinski definition) is 9. The normalized spacial score (nSPS) is 14.7. The third kappa shape index (κ3) is 10.4. The van der Waals surface area contributed by atoms with E-state index in [1.807, 2.05) is 11.6 Å². The van der Waals surface area contributed by atoms with Crippen molar-refractivity contribution in [3.05, 3.63) is 0 Å². The highest BCUT2D eigenvalue weighted by Crippen LogP contribution is 2.02. The Bertz CT molecular complexity index is 620. The number of rotatable bonds is 15. The van der Waals surface area contributed by atoms with Crippen molar-refractivity contribution in [1.82, 2.24) is 16.0 Å². The van der Waals surface area contributed by atoms with E-state index in [1.165, 1.54) is 11.8 Å². The van der Waals surface area contributed by atoms with Crippen LogP contribution in [0.3, 0.4) is 0 Å². The van der Waals surface area contributed by atoms with Gasteiger partial charge in [-0.2, -0.15) is 11.8 Å². The number of thioether (sulfide) groups is 1. The van der Waals surface area contributed by atoms with Gasteiger partial charge in [0.1, 0.15) is 18.1 Å². The molecular weight excluding hydrogens is 422 g/mol. The van der Waals surface area contributed by atoms with Gasteiger partial charge in [0.2, 0.25) is 23.6 Å². The number of carboxylic acids is 1. The van der Waals surface area contributed by atoms with Gasteiger partial charge in [-0.3, -0.25) is 19.2 Å². The highest BCUT2D eigenvalue weighted by molar-refractivity contribution is 7.98. The Balaban J connectivity index is 5.17. The summed E-state index contributed by atoms with van der Waals surface area (Å²) in [6.45, 7) is -1.70. The maximum Gasteiger partial charge on any atom is 0.328 e. The molecule has 0 saturated carbocycles. The van der Waals surface area contributed by atoms with Crippen molar-refractivity contribution in [2.45, 2.75) is 43.4 Å². The van der Waals surface area contributed by atoms with Gasteiger partial charge in [-0.25, -0.2) is 4.79 Å². The molecule has 0 rings (SSSR count). The Morgan fingerprint density at radius 3 is 1.83 bits per heavy atom. The van der Waals surface area contributed by atoms with Gasteiger partial charge in [-0.15, -0.1) is 0 Å². The van der Waals surface area contributed by atoms with E-state index in [0.717, 1.165) is 0 Å². The molecule has 0 aliphatic rings. The summed E-state index contributed by atoms with van der Waals surface area (Å²) in [7, 11) is 0. The summed E-state index contributed by atoms with van der Waals surface area (Å²) in [5.41, 5.74) is 10.7. The number of primary amides is 1. The van der Waals surface area contributed by atoms with E-state index >= 15 is 0 Å². The van der Waals surface area contributed by atoms with Gasteiger partial charge in [0.05, 0.1) is 19.3 Å². The van der Waals surface area contributed by atoms with E-state index in [0.29, 0.717) is 12.2 Å². The predicted molar refractivity (Wildman–Crippen MR) is 107 cm³/mol. The van der Waals surface area contributed by atoms with Crippen LogP contribution in [0.25, 0.3) is 0 Å². The van der Waals surface area contributed by atoms with Crippen LogP contribution in [0.2, 0.25) is 0 Å². The van der Waals surface area contributed by atoms with Crippen LogP contribution in [-0.4, -0.2) is 94.3 Å². The quantitative estimate of drug-likeness (QED) is 0.120. The molecule has 0 aromatic carbocycles. The van der Waals surface area contributed by atoms with E-state index in [9.17, 15) is 29.1 Å². The molecule has 4 atom stereocenters. The number of hydrogen-bond donors (Lipinski definition) is 8. The molecule has 0 aliphatic heterocycles. The first-order chi connectivity index (χ1) is 14.1. The lowest BCUT2D eigenvalue weighted by molar-refractivity contribution is -0.143. The van der Waals surface area contributed by atoms with Gasteiger partial charge in [0.25, 0.3) is 0 Å². The summed E-state index contributed by atoms with van der Waals surface area (Å²) in [5, 5.41) is 33.8. The minimum Gasteiger partial charge on any atom is -0.480 e. The largest absolute Gasteiger partial charge is 0.480 e. The molecule has 13 nitrogen and oxygen atoms in total. The van der Waals surface area contributed by atoms with Crippen LogP contribution in [0.1, 0.15) is 19.3 Å². The molecular formula is C16H29N5O8S. The van der Waals surface area contributed by atoms with Crippen LogP contribution in [0.5, 0.6) is 0 Å². The first-order valence-corrected chi connectivity index (χ1v) is 10.3. The van der Waals surface area contributed by atoms with Gasteiger partial charge in [0.15, 0.2) is 0 Å². The van der Waals surface area contributed by atoms with E-state index in [-0.39, 0.29) is 12.8 Å². The third-order valence-corrected chi connectivity index (χ3v) is 4.54. The van der Waals surface area contributed by atoms with Crippen LogP contribution in [-0.2, 0) is 24.0 Å². The predicted octanol–water partition coefficient (Wildman–Crippen LogP) is -4.14. The summed E-state index contributed by atoms with van der Waals surface area (Å²) in [4.78, 5) is 58.7. The molecule has 14 heteroatoms. The molecule has 0 aliphatic carbocycles. The van der Waals surface area contributed by atoms with Crippen molar-refractivity contribution < 1.29 is 39.3 Å². The van der Waals surface area contributed by atoms with Gasteiger partial charge in [-0.05, 0) is 24.9 Å². The second-order valence-electron chi connectivity index (χ2n) is 6.28. The lowest BCUT2D eigenvalue weighted by atomic mass is 10.1. The molecule has 4 amide bonds. The standard InChI is InChI=1S/C16H29N5O8S/c1-30-5-4-8(17)13(25)20-10(6-22)15(27)19-9(2-3-12(18)24)14(26)21-11(7-23)16(28)29/h8-11,22-23H,2-7,17H2,1H3,(H2,18,24)(H,19,27)(H,20,25)(H,21,26)(H,28,29). The van der Waals surface area contributed by atoms with Crippen molar-refractivity contribution in [2.24, 2.45) is 11.5 Å². The second kappa shape index (κ2) is 14.5. The zero-order valence-electron chi connectivity index (χ0n) is 16.5. The molecule has 10 N–H and O–H groups in total. The van der Waals surface area contributed by atoms with Crippen molar-refractivity contribution in [1.29, 1.82) is 0 Å². The SMILES string of the molecule is CSCCC(N)C(=O)NC(CO)C(=O)NC(CCC(N)=O)C(=O)NC(CO)C(=O)O. The fraction of sp³-hybridized carbons (Fsp3) is 0.688. The number of carbonyl (C=O) groups is 5. The van der Waals surface area contributed by atoms with Gasteiger partial charge in [0, 0.05) is 6.42 Å². The van der Waals surface area contributed by atoms with E-state index in [2.05, 4.69) is 10.6 Å².